The van der Waals surface area contributed by atoms with E-state index in [4.69, 9.17) is 18.9 Å². The number of ether oxygens (including phenoxy) is 4. The van der Waals surface area contributed by atoms with E-state index in [1.54, 1.807) is 7.11 Å². The molecule has 6 aliphatic rings. The third kappa shape index (κ3) is 6.36. The number of carbonyl (C=O) groups excluding carboxylic acids is 3. The number of likely N-dealkylation sites (N-methyl/N-ethyl adjacent to an activating group) is 1. The number of aryl methyl sites for hydroxylation is 1. The Labute approximate surface area is 393 Å². The maximum Gasteiger partial charge on any atom is 0.344 e. The highest BCUT2D eigenvalue weighted by Crippen LogP contribution is 2.68. The van der Waals surface area contributed by atoms with E-state index in [1.807, 2.05) is 43.1 Å². The lowest BCUT2D eigenvalue weighted by Crippen LogP contribution is -2.81. The van der Waals surface area contributed by atoms with Gasteiger partial charge < -0.3 is 43.5 Å². The van der Waals surface area contributed by atoms with Gasteiger partial charge in [0.25, 0.3) is 0 Å². The molecule has 6 heterocycles. The van der Waals surface area contributed by atoms with Crippen molar-refractivity contribution in [1.29, 1.82) is 0 Å². The Morgan fingerprint density at radius 3 is 2.36 bits per heavy atom. The number of aromatic amines is 1. The van der Waals surface area contributed by atoms with Gasteiger partial charge in [0.2, 0.25) is 5.60 Å². The molecule has 3 aromatic carbocycles. The van der Waals surface area contributed by atoms with Gasteiger partial charge in [-0.1, -0.05) is 74.5 Å². The van der Waals surface area contributed by atoms with Crippen LogP contribution >= 0.6 is 0 Å². The Morgan fingerprint density at radius 1 is 0.910 bits per heavy atom. The number of hydrogen-bond acceptors (Lipinski definition) is 11. The van der Waals surface area contributed by atoms with Crippen molar-refractivity contribution in [1.82, 2.24) is 9.88 Å². The summed E-state index contributed by atoms with van der Waals surface area (Å²) in [6, 6.07) is 21.6. The molecule has 1 aromatic heterocycles. The second-order valence-corrected chi connectivity index (χ2v) is 20.9. The zero-order valence-electron chi connectivity index (χ0n) is 40.1. The zero-order valence-corrected chi connectivity index (χ0v) is 40.1. The number of aliphatic hydroxyl groups is 2. The molecule has 4 aromatic rings. The fraction of sp³-hybridized carbons (Fsp3) is 0.537. The number of benzene rings is 3. The highest BCUT2D eigenvalue weighted by molar-refractivity contribution is 5.95. The fourth-order valence-corrected chi connectivity index (χ4v) is 15.4. The Hall–Kier alpha value is -5.21. The van der Waals surface area contributed by atoms with Crippen LogP contribution < -0.4 is 9.64 Å². The van der Waals surface area contributed by atoms with Gasteiger partial charge in [-0.15, -0.1) is 0 Å². The molecule has 1 aliphatic carbocycles. The van der Waals surface area contributed by atoms with E-state index in [1.165, 1.54) is 26.7 Å². The van der Waals surface area contributed by atoms with Crippen molar-refractivity contribution >= 4 is 34.5 Å². The fourth-order valence-electron chi connectivity index (χ4n) is 15.4. The molecule has 0 amide bonds. The minimum absolute atomic E-state index is 0.146. The number of piperidine rings is 1. The minimum atomic E-state index is -2.32. The largest absolute Gasteiger partial charge is 0.496 e. The molecule has 10 rings (SSSR count). The number of aromatic nitrogens is 1. The van der Waals surface area contributed by atoms with Crippen molar-refractivity contribution in [3.8, 4) is 5.75 Å². The number of methoxy groups -OCH3 is 3. The van der Waals surface area contributed by atoms with Gasteiger partial charge >= 0.3 is 17.9 Å². The van der Waals surface area contributed by atoms with Crippen LogP contribution in [0.25, 0.3) is 10.9 Å². The summed E-state index contributed by atoms with van der Waals surface area (Å²) in [5.41, 5.74) is -0.535. The van der Waals surface area contributed by atoms with E-state index >= 15 is 4.79 Å². The topological polar surface area (TPSA) is 151 Å². The first-order chi connectivity index (χ1) is 32.1. The summed E-state index contributed by atoms with van der Waals surface area (Å²) in [7, 11) is 6.22. The van der Waals surface area contributed by atoms with Gasteiger partial charge in [-0.25, -0.2) is 4.79 Å². The van der Waals surface area contributed by atoms with Crippen molar-refractivity contribution in [2.24, 2.45) is 11.3 Å². The van der Waals surface area contributed by atoms with Gasteiger partial charge in [0.1, 0.15) is 29.9 Å². The lowest BCUT2D eigenvalue weighted by atomic mass is 9.47. The summed E-state index contributed by atoms with van der Waals surface area (Å²) >= 11 is 0. The number of nitrogens with one attached hydrogen (secondary N) is 1. The quantitative estimate of drug-likeness (QED) is 0.0775. The summed E-state index contributed by atoms with van der Waals surface area (Å²) in [6.07, 6.45) is 6.75. The van der Waals surface area contributed by atoms with Gasteiger partial charge in [-0.05, 0) is 68.3 Å². The summed E-state index contributed by atoms with van der Waals surface area (Å²) in [5, 5.41) is 27.2. The molecule has 5 aliphatic heterocycles. The average molecular weight is 916 g/mol. The molecule has 3 N–H and O–H groups in total. The molecule has 10 atom stereocenters. The highest BCUT2D eigenvalue weighted by Gasteiger charge is 2.80. The van der Waals surface area contributed by atoms with Crippen molar-refractivity contribution in [3.05, 3.63) is 107 Å². The summed E-state index contributed by atoms with van der Waals surface area (Å²) in [6.45, 7) is 9.68. The van der Waals surface area contributed by atoms with Crippen LogP contribution in [-0.4, -0.2) is 133 Å². The van der Waals surface area contributed by atoms with Gasteiger partial charge in [0.05, 0.1) is 40.5 Å². The Kier molecular flexibility index (Phi) is 11.0. The van der Waals surface area contributed by atoms with Crippen LogP contribution in [0, 0.1) is 11.3 Å². The van der Waals surface area contributed by atoms with E-state index in [0.717, 1.165) is 59.5 Å². The number of hydrogen-bond donors (Lipinski definition) is 3. The van der Waals surface area contributed by atoms with Crippen LogP contribution in [-0.2, 0) is 52.4 Å². The Balaban J connectivity index is 1.26. The van der Waals surface area contributed by atoms with Gasteiger partial charge in [-0.2, -0.15) is 0 Å². The predicted octanol–water partition coefficient (Wildman–Crippen LogP) is 6.10. The Morgan fingerprint density at radius 2 is 1.66 bits per heavy atom. The normalized spacial score (nSPS) is 35.2. The molecular formula is C54H67N4O9+. The molecule has 13 nitrogen and oxygen atoms in total. The van der Waals surface area contributed by atoms with Crippen LogP contribution in [0.15, 0.2) is 78.9 Å². The maximum atomic E-state index is 15.8. The number of rotatable bonds is 9. The van der Waals surface area contributed by atoms with Gasteiger partial charge in [0, 0.05) is 89.2 Å². The lowest BCUT2D eigenvalue weighted by molar-refractivity contribution is -0.955. The van der Waals surface area contributed by atoms with Crippen LogP contribution in [0.4, 0.5) is 5.69 Å². The minimum Gasteiger partial charge on any atom is -0.496 e. The predicted molar refractivity (Wildman–Crippen MR) is 254 cm³/mol. The first-order valence-corrected chi connectivity index (χ1v) is 24.3. The van der Waals surface area contributed by atoms with Crippen LogP contribution in [0.5, 0.6) is 5.75 Å². The van der Waals surface area contributed by atoms with E-state index in [0.29, 0.717) is 74.0 Å². The number of nitrogens with zero attached hydrogens (tertiary/aromatic N) is 3. The van der Waals surface area contributed by atoms with Crippen molar-refractivity contribution in [2.45, 2.75) is 112 Å². The van der Waals surface area contributed by atoms with E-state index in [2.05, 4.69) is 71.4 Å². The molecule has 2 saturated heterocycles. The molecule has 2 bridgehead atoms. The molecule has 1 unspecified atom stereocenters. The zero-order chi connectivity index (χ0) is 47.3. The first kappa shape index (κ1) is 45.6. The number of fused-ring (bicyclic) bond motifs is 6. The summed E-state index contributed by atoms with van der Waals surface area (Å²) in [5.74, 6) is -1.61. The number of H-pyrrole nitrogens is 1. The number of para-hydroxylation sites is 1. The lowest BCUT2D eigenvalue weighted by Gasteiger charge is -2.63. The van der Waals surface area contributed by atoms with Crippen molar-refractivity contribution in [3.63, 3.8) is 0 Å². The number of anilines is 1. The number of quaternary nitrogens is 1. The van der Waals surface area contributed by atoms with E-state index in [-0.39, 0.29) is 12.0 Å². The van der Waals surface area contributed by atoms with Crippen molar-refractivity contribution < 1.29 is 48.0 Å². The second-order valence-electron chi connectivity index (χ2n) is 20.9. The monoisotopic (exact) mass is 915 g/mol. The van der Waals surface area contributed by atoms with Gasteiger partial charge in [-0.3, -0.25) is 14.5 Å². The Bertz CT molecular complexity index is 2650. The average Bonchev–Trinajstić information content (AvgIpc) is 3.98. The maximum absolute atomic E-state index is 15.8. The van der Waals surface area contributed by atoms with Crippen LogP contribution in [0.3, 0.4) is 0 Å². The van der Waals surface area contributed by atoms with Crippen LogP contribution in [0.2, 0.25) is 0 Å². The third-order valence-corrected chi connectivity index (χ3v) is 17.6. The second kappa shape index (κ2) is 16.2. The number of esters is 3. The summed E-state index contributed by atoms with van der Waals surface area (Å²) < 4.78 is 25.0. The van der Waals surface area contributed by atoms with Crippen molar-refractivity contribution in [2.75, 3.05) is 66.0 Å². The third-order valence-electron chi connectivity index (χ3n) is 17.6. The molecule has 13 heteroatoms. The van der Waals surface area contributed by atoms with E-state index < -0.39 is 57.5 Å². The summed E-state index contributed by atoms with van der Waals surface area (Å²) in [4.78, 5) is 51.7. The molecule has 0 radical (unpaired) electrons. The van der Waals surface area contributed by atoms with Crippen LogP contribution in [0.1, 0.15) is 87.2 Å². The van der Waals surface area contributed by atoms with E-state index in [9.17, 15) is 19.8 Å². The highest BCUT2D eigenvalue weighted by atomic mass is 16.6. The smallest absolute Gasteiger partial charge is 0.344 e. The SMILES string of the molecule is CC[C@]1(O)C[C@H]2C[C@@](C(=O)OC)(c3cc4c(cc3OC)N(C)[C@H]3[C@@](O)(C(=O)OC)[C@H](OC(C)=O)[C@]5(CC)C=CCN6CC[C@]43[C@@H]65)c3[nH]c4ccccc4c3CCC[N+](Cc3ccccc3)(C2)C1. The molecular weight excluding hydrogens is 849 g/mol. The molecule has 1 saturated carbocycles. The first-order valence-electron chi connectivity index (χ1n) is 24.3. The standard InChI is InChI=1S/C54H67N4O9/c1-8-50(62)29-36-30-53(48(60)65-6,44-38(37-19-13-14-21-41(37)55-44)20-15-26-58(32-36,33-50)31-35-17-11-10-12-18-35)40-27-39-42(28-43(40)64-5)56(4)46-52(39)23-25-57-24-16-22-51(9-2,45(52)57)47(67-34(3)59)54(46,63)49(61)66-7/h10-14,16-19,21-22,27-28,36,45-47,55,62-63H,8-9,15,20,23-26,29-33H2,1-7H3/q+1/t36-,45-,46+,47+,50-,51+,52+,53+,54-,58?/m0/s1. The van der Waals surface area contributed by atoms with Gasteiger partial charge in [0.15, 0.2) is 6.10 Å². The molecule has 3 fully saturated rings. The molecule has 356 valence electrons. The number of carbonyl (C=O) groups is 3. The molecule has 67 heavy (non-hydrogen) atoms. The molecule has 1 spiro atoms.